The second kappa shape index (κ2) is 4.74. The molecule has 16 heavy (non-hydrogen) atoms. The molecule has 2 rings (SSSR count). The van der Waals surface area contributed by atoms with E-state index < -0.39 is 5.41 Å². The van der Waals surface area contributed by atoms with Crippen LogP contribution in [0.4, 0.5) is 0 Å². The Hall–Kier alpha value is -0.570. The number of ether oxygens (including phenoxy) is 2. The van der Waals surface area contributed by atoms with Crippen LogP contribution in [0.1, 0.15) is 52.4 Å². The first-order valence-corrected chi connectivity index (χ1v) is 6.48. The van der Waals surface area contributed by atoms with E-state index in [1.807, 2.05) is 13.8 Å². The lowest BCUT2D eigenvalue weighted by Crippen LogP contribution is -2.46. The van der Waals surface area contributed by atoms with Gasteiger partial charge in [0.05, 0.1) is 12.0 Å². The van der Waals surface area contributed by atoms with Crippen molar-refractivity contribution in [3.63, 3.8) is 0 Å². The lowest BCUT2D eigenvalue weighted by Gasteiger charge is -2.39. The number of carbonyl (C=O) groups excluding carboxylic acids is 1. The molecule has 0 bridgehead atoms. The Morgan fingerprint density at radius 1 is 1.31 bits per heavy atom. The monoisotopic (exact) mass is 226 g/mol. The smallest absolute Gasteiger partial charge is 0.316 e. The lowest BCUT2D eigenvalue weighted by molar-refractivity contribution is -0.239. The summed E-state index contributed by atoms with van der Waals surface area (Å²) in [5.74, 6) is 0.357. The van der Waals surface area contributed by atoms with Gasteiger partial charge in [0.25, 0.3) is 0 Å². The normalized spacial score (nSPS) is 37.1. The quantitative estimate of drug-likeness (QED) is 0.679. The zero-order chi connectivity index (χ0) is 11.6. The fourth-order valence-electron chi connectivity index (χ4n) is 2.49. The van der Waals surface area contributed by atoms with E-state index in [1.54, 1.807) is 0 Å². The third-order valence-electron chi connectivity index (χ3n) is 4.10. The standard InChI is InChI=1S/C13H22O3/c1-3-13(2)9-15-11(16-12(13)14)10-7-5-4-6-8-10/h10-11H,3-9H2,1-2H3. The van der Waals surface area contributed by atoms with Gasteiger partial charge in [0.2, 0.25) is 6.29 Å². The van der Waals surface area contributed by atoms with Crippen molar-refractivity contribution in [2.75, 3.05) is 6.61 Å². The zero-order valence-corrected chi connectivity index (χ0v) is 10.3. The van der Waals surface area contributed by atoms with E-state index in [9.17, 15) is 4.79 Å². The first-order valence-electron chi connectivity index (χ1n) is 6.48. The minimum absolute atomic E-state index is 0.0724. The number of hydrogen-bond donors (Lipinski definition) is 0. The second-order valence-corrected chi connectivity index (χ2v) is 5.40. The molecule has 3 nitrogen and oxygen atoms in total. The first-order chi connectivity index (χ1) is 7.65. The molecule has 1 heterocycles. The van der Waals surface area contributed by atoms with Gasteiger partial charge in [0.1, 0.15) is 0 Å². The highest BCUT2D eigenvalue weighted by molar-refractivity contribution is 5.77. The number of esters is 1. The third kappa shape index (κ3) is 2.24. The zero-order valence-electron chi connectivity index (χ0n) is 10.3. The van der Waals surface area contributed by atoms with Crippen LogP contribution in [0, 0.1) is 11.3 Å². The maximum absolute atomic E-state index is 11.9. The highest BCUT2D eigenvalue weighted by Gasteiger charge is 2.42. The van der Waals surface area contributed by atoms with Gasteiger partial charge in [-0.2, -0.15) is 0 Å². The maximum Gasteiger partial charge on any atom is 0.316 e. The lowest BCUT2D eigenvalue weighted by atomic mass is 9.85. The van der Waals surface area contributed by atoms with Crippen LogP contribution in [0.2, 0.25) is 0 Å². The SMILES string of the molecule is CCC1(C)COC(C2CCCCC2)OC1=O. The van der Waals surface area contributed by atoms with Crippen LogP contribution in [-0.4, -0.2) is 18.9 Å². The summed E-state index contributed by atoms with van der Waals surface area (Å²) < 4.78 is 11.2. The average Bonchev–Trinajstić information content (AvgIpc) is 2.34. The van der Waals surface area contributed by atoms with E-state index in [0.717, 1.165) is 19.3 Å². The van der Waals surface area contributed by atoms with Gasteiger partial charge in [-0.1, -0.05) is 26.2 Å². The van der Waals surface area contributed by atoms with E-state index in [0.29, 0.717) is 12.5 Å². The number of rotatable bonds is 2. The molecule has 2 aliphatic rings. The molecule has 3 heteroatoms. The predicted octanol–water partition coefficient (Wildman–Crippen LogP) is 2.88. The number of hydrogen-bond acceptors (Lipinski definition) is 3. The number of cyclic esters (lactones) is 1. The molecule has 0 spiro atoms. The van der Waals surface area contributed by atoms with Crippen LogP contribution >= 0.6 is 0 Å². The second-order valence-electron chi connectivity index (χ2n) is 5.40. The van der Waals surface area contributed by atoms with Crippen molar-refractivity contribution in [1.29, 1.82) is 0 Å². The summed E-state index contributed by atoms with van der Waals surface area (Å²) in [6, 6.07) is 0. The molecule has 0 aromatic heterocycles. The minimum atomic E-state index is -0.425. The third-order valence-corrected chi connectivity index (χ3v) is 4.10. The number of carbonyl (C=O) groups is 1. The molecule has 2 atom stereocenters. The molecule has 1 aliphatic carbocycles. The molecule has 2 fully saturated rings. The van der Waals surface area contributed by atoms with Crippen LogP contribution in [-0.2, 0) is 14.3 Å². The van der Waals surface area contributed by atoms with Gasteiger partial charge in [-0.15, -0.1) is 0 Å². The summed E-state index contributed by atoms with van der Waals surface area (Å²) >= 11 is 0. The summed E-state index contributed by atoms with van der Waals surface area (Å²) in [7, 11) is 0. The molecule has 0 aromatic rings. The van der Waals surface area contributed by atoms with Gasteiger partial charge in [0, 0.05) is 5.92 Å². The Balaban J connectivity index is 1.93. The molecule has 1 aliphatic heterocycles. The van der Waals surface area contributed by atoms with E-state index in [1.165, 1.54) is 19.3 Å². The largest absolute Gasteiger partial charge is 0.435 e. The van der Waals surface area contributed by atoms with Crippen LogP contribution in [0.15, 0.2) is 0 Å². The molecule has 0 aromatic carbocycles. The summed E-state index contributed by atoms with van der Waals surface area (Å²) in [5, 5.41) is 0. The maximum atomic E-state index is 11.9. The van der Waals surface area contributed by atoms with E-state index in [4.69, 9.17) is 9.47 Å². The van der Waals surface area contributed by atoms with Gasteiger partial charge in [0.15, 0.2) is 0 Å². The fourth-order valence-corrected chi connectivity index (χ4v) is 2.49. The Bertz CT molecular complexity index is 258. The molecule has 0 N–H and O–H groups in total. The fraction of sp³-hybridized carbons (Fsp3) is 0.923. The van der Waals surface area contributed by atoms with Crippen LogP contribution in [0.25, 0.3) is 0 Å². The van der Waals surface area contributed by atoms with Gasteiger partial charge in [-0.05, 0) is 26.2 Å². The summed E-state index contributed by atoms with van der Waals surface area (Å²) in [4.78, 5) is 11.9. The topological polar surface area (TPSA) is 35.5 Å². The Labute approximate surface area is 97.5 Å². The van der Waals surface area contributed by atoms with Gasteiger partial charge in [-0.25, -0.2) is 0 Å². The van der Waals surface area contributed by atoms with E-state index in [-0.39, 0.29) is 12.3 Å². The van der Waals surface area contributed by atoms with Crippen molar-refractivity contribution in [3.05, 3.63) is 0 Å². The molecular weight excluding hydrogens is 204 g/mol. The molecule has 1 saturated heterocycles. The molecule has 0 radical (unpaired) electrons. The van der Waals surface area contributed by atoms with Crippen molar-refractivity contribution >= 4 is 5.97 Å². The van der Waals surface area contributed by atoms with Crippen molar-refractivity contribution in [2.45, 2.75) is 58.7 Å². The summed E-state index contributed by atoms with van der Waals surface area (Å²) in [6.45, 7) is 4.45. The van der Waals surface area contributed by atoms with Crippen molar-refractivity contribution in [1.82, 2.24) is 0 Å². The molecule has 92 valence electrons. The molecular formula is C13H22O3. The van der Waals surface area contributed by atoms with Crippen LogP contribution in [0.3, 0.4) is 0 Å². The Kier molecular flexibility index (Phi) is 3.53. The summed E-state index contributed by atoms with van der Waals surface area (Å²) in [5.41, 5.74) is -0.425. The Morgan fingerprint density at radius 2 is 2.00 bits per heavy atom. The van der Waals surface area contributed by atoms with E-state index >= 15 is 0 Å². The first kappa shape index (κ1) is 11.9. The average molecular weight is 226 g/mol. The summed E-state index contributed by atoms with van der Waals surface area (Å²) in [6.07, 6.45) is 6.59. The predicted molar refractivity (Wildman–Crippen MR) is 60.8 cm³/mol. The van der Waals surface area contributed by atoms with Gasteiger partial charge < -0.3 is 9.47 Å². The highest BCUT2D eigenvalue weighted by Crippen LogP contribution is 2.35. The highest BCUT2D eigenvalue weighted by atomic mass is 16.7. The Morgan fingerprint density at radius 3 is 2.56 bits per heavy atom. The molecule has 0 amide bonds. The van der Waals surface area contributed by atoms with Crippen molar-refractivity contribution in [2.24, 2.45) is 11.3 Å². The van der Waals surface area contributed by atoms with Crippen LogP contribution < -0.4 is 0 Å². The van der Waals surface area contributed by atoms with E-state index in [2.05, 4.69) is 0 Å². The van der Waals surface area contributed by atoms with Crippen molar-refractivity contribution in [3.8, 4) is 0 Å². The molecule has 2 unspecified atom stereocenters. The molecule has 1 saturated carbocycles. The van der Waals surface area contributed by atoms with Gasteiger partial charge in [-0.3, -0.25) is 4.79 Å². The van der Waals surface area contributed by atoms with Crippen LogP contribution in [0.5, 0.6) is 0 Å². The minimum Gasteiger partial charge on any atom is -0.435 e. The van der Waals surface area contributed by atoms with Gasteiger partial charge >= 0.3 is 5.97 Å². The van der Waals surface area contributed by atoms with Crippen molar-refractivity contribution < 1.29 is 14.3 Å².